The second-order valence-electron chi connectivity index (χ2n) is 5.75. The number of halogens is 1. The number of hydrogen-bond donors (Lipinski definition) is 0. The summed E-state index contributed by atoms with van der Waals surface area (Å²) in [5.41, 5.74) is 4.07. The number of fused-ring (bicyclic) bond motifs is 1. The molecule has 0 aliphatic heterocycles. The highest BCUT2D eigenvalue weighted by atomic mass is 35.5. The van der Waals surface area contributed by atoms with Crippen LogP contribution < -0.4 is 0 Å². The molecule has 0 bridgehead atoms. The second-order valence-corrected chi connectivity index (χ2v) is 7.91. The average Bonchev–Trinajstić information content (AvgIpc) is 3.31. The summed E-state index contributed by atoms with van der Waals surface area (Å²) in [5, 5.41) is 15.6. The monoisotopic (exact) mass is 393 g/mol. The second kappa shape index (κ2) is 7.00. The van der Waals surface area contributed by atoms with Gasteiger partial charge in [-0.25, -0.2) is 9.97 Å². The van der Waals surface area contributed by atoms with Crippen LogP contribution in [-0.4, -0.2) is 9.97 Å². The molecule has 6 heteroatoms. The SMILES string of the molecule is Cc1ccc2nc(Cl)c(C=C(C#N)c3nc(-c4cccs4)cs3)cc2c1. The Labute approximate surface area is 163 Å². The number of benzene rings is 1. The van der Waals surface area contributed by atoms with E-state index in [-0.39, 0.29) is 0 Å². The van der Waals surface area contributed by atoms with Crippen molar-refractivity contribution in [2.75, 3.05) is 0 Å². The molecule has 3 heterocycles. The van der Waals surface area contributed by atoms with E-state index in [4.69, 9.17) is 11.6 Å². The topological polar surface area (TPSA) is 49.6 Å². The Morgan fingerprint density at radius 2 is 2.08 bits per heavy atom. The van der Waals surface area contributed by atoms with Gasteiger partial charge in [0.1, 0.15) is 16.2 Å². The van der Waals surface area contributed by atoms with Gasteiger partial charge in [-0.1, -0.05) is 29.3 Å². The maximum absolute atomic E-state index is 9.62. The van der Waals surface area contributed by atoms with Gasteiger partial charge in [0.2, 0.25) is 0 Å². The molecule has 0 radical (unpaired) electrons. The molecule has 26 heavy (non-hydrogen) atoms. The van der Waals surface area contributed by atoms with Crippen molar-refractivity contribution in [3.05, 3.63) is 68.4 Å². The number of thiazole rings is 1. The van der Waals surface area contributed by atoms with Crippen molar-refractivity contribution < 1.29 is 0 Å². The summed E-state index contributed by atoms with van der Waals surface area (Å²) in [4.78, 5) is 10.1. The normalized spacial score (nSPS) is 11.7. The van der Waals surface area contributed by atoms with Crippen LogP contribution in [0.15, 0.2) is 47.2 Å². The van der Waals surface area contributed by atoms with E-state index in [0.717, 1.165) is 27.0 Å². The molecule has 0 saturated heterocycles. The molecular weight excluding hydrogens is 382 g/mol. The lowest BCUT2D eigenvalue weighted by Crippen LogP contribution is -1.87. The summed E-state index contributed by atoms with van der Waals surface area (Å²) in [6.07, 6.45) is 1.76. The van der Waals surface area contributed by atoms with Gasteiger partial charge in [0, 0.05) is 16.3 Å². The maximum Gasteiger partial charge on any atom is 0.137 e. The van der Waals surface area contributed by atoms with Crippen molar-refractivity contribution in [1.29, 1.82) is 5.26 Å². The van der Waals surface area contributed by atoms with Gasteiger partial charge in [-0.2, -0.15) is 5.26 Å². The first-order chi connectivity index (χ1) is 12.6. The summed E-state index contributed by atoms with van der Waals surface area (Å²) < 4.78 is 0. The fraction of sp³-hybridized carbons (Fsp3) is 0.0500. The number of thiophene rings is 1. The highest BCUT2D eigenvalue weighted by molar-refractivity contribution is 7.14. The highest BCUT2D eigenvalue weighted by Crippen LogP contribution is 2.31. The first-order valence-corrected chi connectivity index (χ1v) is 9.96. The zero-order valence-corrected chi connectivity index (χ0v) is 16.1. The zero-order chi connectivity index (χ0) is 18.1. The van der Waals surface area contributed by atoms with E-state index in [2.05, 4.69) is 22.1 Å². The number of hydrogen-bond acceptors (Lipinski definition) is 5. The minimum Gasteiger partial charge on any atom is -0.235 e. The molecule has 0 fully saturated rings. The van der Waals surface area contributed by atoms with E-state index >= 15 is 0 Å². The van der Waals surface area contributed by atoms with E-state index in [9.17, 15) is 5.26 Å². The molecule has 0 spiro atoms. The van der Waals surface area contributed by atoms with Crippen molar-refractivity contribution in [3.8, 4) is 16.6 Å². The molecule has 1 aromatic carbocycles. The van der Waals surface area contributed by atoms with Gasteiger partial charge in [0.25, 0.3) is 0 Å². The molecule has 0 amide bonds. The predicted molar refractivity (Wildman–Crippen MR) is 110 cm³/mol. The lowest BCUT2D eigenvalue weighted by atomic mass is 10.1. The zero-order valence-electron chi connectivity index (χ0n) is 13.7. The van der Waals surface area contributed by atoms with Crippen molar-refractivity contribution in [1.82, 2.24) is 9.97 Å². The Kier molecular flexibility index (Phi) is 4.56. The number of nitriles is 1. The van der Waals surface area contributed by atoms with Crippen LogP contribution in [0.1, 0.15) is 16.1 Å². The Morgan fingerprint density at radius 1 is 1.19 bits per heavy atom. The van der Waals surface area contributed by atoms with Gasteiger partial charge in [0.05, 0.1) is 21.7 Å². The predicted octanol–water partition coefficient (Wildman–Crippen LogP) is 6.45. The van der Waals surface area contributed by atoms with E-state index in [0.29, 0.717) is 21.3 Å². The summed E-state index contributed by atoms with van der Waals surface area (Å²) in [6.45, 7) is 2.03. The molecule has 4 rings (SSSR count). The van der Waals surface area contributed by atoms with Gasteiger partial charge >= 0.3 is 0 Å². The fourth-order valence-corrected chi connectivity index (χ4v) is 4.37. The van der Waals surface area contributed by atoms with E-state index in [1.807, 2.05) is 48.0 Å². The Balaban J connectivity index is 1.77. The molecule has 3 nitrogen and oxygen atoms in total. The molecule has 0 N–H and O–H groups in total. The summed E-state index contributed by atoms with van der Waals surface area (Å²) in [6, 6.07) is 14.2. The minimum atomic E-state index is 0.379. The standard InChI is InChI=1S/C20H12ClN3S2/c1-12-4-5-16-13(7-12)8-14(19(21)23-16)9-15(10-22)20-24-17(11-26-20)18-3-2-6-25-18/h2-9,11H,1H3. The molecule has 0 aliphatic rings. The molecule has 0 aliphatic carbocycles. The average molecular weight is 394 g/mol. The quantitative estimate of drug-likeness (QED) is 0.297. The molecule has 0 unspecified atom stereocenters. The van der Waals surface area contributed by atoms with Gasteiger partial charge in [-0.15, -0.1) is 22.7 Å². The van der Waals surface area contributed by atoms with Crippen molar-refractivity contribution in [3.63, 3.8) is 0 Å². The van der Waals surface area contributed by atoms with Crippen LogP contribution in [0.2, 0.25) is 5.15 Å². The van der Waals surface area contributed by atoms with Crippen LogP contribution in [0.25, 0.3) is 33.1 Å². The van der Waals surface area contributed by atoms with Gasteiger partial charge in [-0.05, 0) is 42.6 Å². The van der Waals surface area contributed by atoms with Crippen LogP contribution in [0, 0.1) is 18.3 Å². The molecule has 0 saturated carbocycles. The molecule has 4 aromatic rings. The fourth-order valence-electron chi connectivity index (χ4n) is 2.62. The van der Waals surface area contributed by atoms with Crippen molar-refractivity contribution in [2.24, 2.45) is 0 Å². The minimum absolute atomic E-state index is 0.379. The van der Waals surface area contributed by atoms with Crippen LogP contribution in [0.3, 0.4) is 0 Å². The van der Waals surface area contributed by atoms with Gasteiger partial charge in [-0.3, -0.25) is 0 Å². The lowest BCUT2D eigenvalue weighted by Gasteiger charge is -2.04. The van der Waals surface area contributed by atoms with Crippen molar-refractivity contribution >= 4 is 56.8 Å². The van der Waals surface area contributed by atoms with Crippen LogP contribution in [-0.2, 0) is 0 Å². The van der Waals surface area contributed by atoms with Crippen LogP contribution in [0.5, 0.6) is 0 Å². The van der Waals surface area contributed by atoms with Gasteiger partial charge in [0.15, 0.2) is 0 Å². The van der Waals surface area contributed by atoms with E-state index in [1.54, 1.807) is 17.4 Å². The van der Waals surface area contributed by atoms with Gasteiger partial charge < -0.3 is 0 Å². The van der Waals surface area contributed by atoms with Crippen LogP contribution in [0.4, 0.5) is 0 Å². The lowest BCUT2D eigenvalue weighted by molar-refractivity contribution is 1.37. The molecule has 0 atom stereocenters. The number of pyridine rings is 1. The smallest absolute Gasteiger partial charge is 0.137 e. The van der Waals surface area contributed by atoms with E-state index in [1.165, 1.54) is 11.3 Å². The maximum atomic E-state index is 9.62. The van der Waals surface area contributed by atoms with Crippen molar-refractivity contribution in [2.45, 2.75) is 6.92 Å². The molecule has 3 aromatic heterocycles. The summed E-state index contributed by atoms with van der Waals surface area (Å²) in [7, 11) is 0. The number of aromatic nitrogens is 2. The van der Waals surface area contributed by atoms with E-state index < -0.39 is 0 Å². The number of rotatable bonds is 3. The Morgan fingerprint density at radius 3 is 2.85 bits per heavy atom. The molecule has 126 valence electrons. The first-order valence-electron chi connectivity index (χ1n) is 7.82. The molecular formula is C20H12ClN3S2. The Hall–Kier alpha value is -2.52. The Bertz CT molecular complexity index is 1170. The first kappa shape index (κ1) is 16.9. The third-order valence-electron chi connectivity index (χ3n) is 3.88. The third-order valence-corrected chi connectivity index (χ3v) is 5.95. The number of allylic oxidation sites excluding steroid dienone is 1. The summed E-state index contributed by atoms with van der Waals surface area (Å²) in [5.74, 6) is 0. The number of nitrogens with zero attached hydrogens (tertiary/aromatic N) is 3. The largest absolute Gasteiger partial charge is 0.235 e. The highest BCUT2D eigenvalue weighted by Gasteiger charge is 2.11. The number of aryl methyl sites for hydroxylation is 1. The third kappa shape index (κ3) is 3.27. The van der Waals surface area contributed by atoms with Crippen LogP contribution >= 0.6 is 34.3 Å². The summed E-state index contributed by atoms with van der Waals surface area (Å²) >= 11 is 9.42.